The zero-order valence-electron chi connectivity index (χ0n) is 14.5. The molecule has 0 aliphatic carbocycles. The molecule has 0 saturated carbocycles. The van der Waals surface area contributed by atoms with E-state index >= 15 is 0 Å². The number of nitrogens with one attached hydrogen (secondary N) is 2. The van der Waals surface area contributed by atoms with Crippen molar-refractivity contribution in [3.05, 3.63) is 53.1 Å². The van der Waals surface area contributed by atoms with Crippen LogP contribution < -0.4 is 15.5 Å². The first-order chi connectivity index (χ1) is 12.1. The molecule has 0 unspecified atom stereocenters. The van der Waals surface area contributed by atoms with Gasteiger partial charge >= 0.3 is 0 Å². The molecule has 1 saturated heterocycles. The zero-order valence-corrected chi connectivity index (χ0v) is 15.3. The lowest BCUT2D eigenvalue weighted by Crippen LogP contribution is -2.29. The molecule has 0 atom stereocenters. The van der Waals surface area contributed by atoms with Gasteiger partial charge in [-0.25, -0.2) is 0 Å². The Morgan fingerprint density at radius 1 is 1.08 bits per heavy atom. The maximum atomic E-state index is 12.2. The Kier molecular flexibility index (Phi) is 5.82. The van der Waals surface area contributed by atoms with Crippen molar-refractivity contribution in [2.24, 2.45) is 0 Å². The predicted octanol–water partition coefficient (Wildman–Crippen LogP) is 4.69. The Balaban J connectivity index is 1.53. The molecule has 1 amide bonds. The first-order valence-corrected chi connectivity index (χ1v) is 9.14. The summed E-state index contributed by atoms with van der Waals surface area (Å²) in [6.45, 7) is 4.42. The van der Waals surface area contributed by atoms with Crippen LogP contribution in [0.15, 0.2) is 42.5 Å². The van der Waals surface area contributed by atoms with Gasteiger partial charge in [0, 0.05) is 35.2 Å². The number of hydrogen-bond donors (Lipinski definition) is 2. The molecule has 1 aliphatic rings. The standard InChI is InChI=1S/C20H24ClN3O/c1-15-5-6-16(21)13-19(15)22-14-20(25)23-17-7-9-18(10-8-17)24-11-3-2-4-12-24/h5-10,13,22H,2-4,11-12,14H2,1H3,(H,23,25). The van der Waals surface area contributed by atoms with E-state index in [2.05, 4.69) is 27.7 Å². The molecule has 5 heteroatoms. The lowest BCUT2D eigenvalue weighted by molar-refractivity contribution is -0.114. The minimum absolute atomic E-state index is 0.0786. The summed E-state index contributed by atoms with van der Waals surface area (Å²) in [5.74, 6) is -0.0786. The van der Waals surface area contributed by atoms with Crippen LogP contribution in [-0.2, 0) is 4.79 Å². The molecule has 0 bridgehead atoms. The van der Waals surface area contributed by atoms with E-state index in [1.165, 1.54) is 24.9 Å². The molecule has 25 heavy (non-hydrogen) atoms. The summed E-state index contributed by atoms with van der Waals surface area (Å²) in [5, 5.41) is 6.71. The van der Waals surface area contributed by atoms with E-state index in [1.54, 1.807) is 0 Å². The smallest absolute Gasteiger partial charge is 0.243 e. The molecule has 2 N–H and O–H groups in total. The number of halogens is 1. The van der Waals surface area contributed by atoms with Crippen LogP contribution in [0.2, 0.25) is 5.02 Å². The van der Waals surface area contributed by atoms with E-state index in [0.29, 0.717) is 5.02 Å². The third kappa shape index (κ3) is 4.89. The summed E-state index contributed by atoms with van der Waals surface area (Å²) in [4.78, 5) is 14.6. The second-order valence-electron chi connectivity index (χ2n) is 6.46. The van der Waals surface area contributed by atoms with Gasteiger partial charge in [-0.05, 0) is 68.1 Å². The number of rotatable bonds is 5. The highest BCUT2D eigenvalue weighted by Gasteiger charge is 2.11. The Hall–Kier alpha value is -2.20. The second-order valence-corrected chi connectivity index (χ2v) is 6.89. The van der Waals surface area contributed by atoms with Crippen molar-refractivity contribution in [1.82, 2.24) is 0 Å². The SMILES string of the molecule is Cc1ccc(Cl)cc1NCC(=O)Nc1ccc(N2CCCCC2)cc1. The Bertz CT molecular complexity index is 724. The molecule has 1 heterocycles. The highest BCUT2D eigenvalue weighted by atomic mass is 35.5. The number of carbonyl (C=O) groups is 1. The Morgan fingerprint density at radius 2 is 1.80 bits per heavy atom. The van der Waals surface area contributed by atoms with E-state index in [1.807, 2.05) is 37.3 Å². The fourth-order valence-corrected chi connectivity index (χ4v) is 3.25. The van der Waals surface area contributed by atoms with E-state index < -0.39 is 0 Å². The van der Waals surface area contributed by atoms with Gasteiger partial charge in [0.2, 0.25) is 5.91 Å². The molecule has 132 valence electrons. The number of carbonyl (C=O) groups excluding carboxylic acids is 1. The molecule has 4 nitrogen and oxygen atoms in total. The van der Waals surface area contributed by atoms with Crippen molar-refractivity contribution < 1.29 is 4.79 Å². The van der Waals surface area contributed by atoms with Gasteiger partial charge in [-0.3, -0.25) is 4.79 Å². The fourth-order valence-electron chi connectivity index (χ4n) is 3.07. The molecule has 0 radical (unpaired) electrons. The maximum Gasteiger partial charge on any atom is 0.243 e. The zero-order chi connectivity index (χ0) is 17.6. The summed E-state index contributed by atoms with van der Waals surface area (Å²) >= 11 is 6.00. The molecular formula is C20H24ClN3O. The van der Waals surface area contributed by atoms with Crippen molar-refractivity contribution in [3.8, 4) is 0 Å². The van der Waals surface area contributed by atoms with Crippen LogP contribution in [0.25, 0.3) is 0 Å². The molecule has 1 fully saturated rings. The second kappa shape index (κ2) is 8.26. The lowest BCUT2D eigenvalue weighted by atomic mass is 10.1. The Labute approximate surface area is 154 Å². The fraction of sp³-hybridized carbons (Fsp3) is 0.350. The van der Waals surface area contributed by atoms with Crippen LogP contribution in [0.3, 0.4) is 0 Å². The van der Waals surface area contributed by atoms with Crippen LogP contribution >= 0.6 is 11.6 Å². The number of amides is 1. The topological polar surface area (TPSA) is 44.4 Å². The number of nitrogens with zero attached hydrogens (tertiary/aromatic N) is 1. The van der Waals surface area contributed by atoms with E-state index in [0.717, 1.165) is 30.0 Å². The van der Waals surface area contributed by atoms with Crippen LogP contribution in [0.5, 0.6) is 0 Å². The number of hydrogen-bond acceptors (Lipinski definition) is 3. The van der Waals surface area contributed by atoms with Crippen molar-refractivity contribution in [1.29, 1.82) is 0 Å². The Morgan fingerprint density at radius 3 is 2.52 bits per heavy atom. The minimum Gasteiger partial charge on any atom is -0.376 e. The van der Waals surface area contributed by atoms with E-state index in [9.17, 15) is 4.79 Å². The number of benzene rings is 2. The largest absolute Gasteiger partial charge is 0.376 e. The molecule has 2 aromatic carbocycles. The monoisotopic (exact) mass is 357 g/mol. The molecule has 3 rings (SSSR count). The summed E-state index contributed by atoms with van der Waals surface area (Å²) < 4.78 is 0. The lowest BCUT2D eigenvalue weighted by Gasteiger charge is -2.28. The van der Waals surface area contributed by atoms with Gasteiger partial charge in [-0.1, -0.05) is 17.7 Å². The third-order valence-electron chi connectivity index (χ3n) is 4.51. The average Bonchev–Trinajstić information content (AvgIpc) is 2.64. The van der Waals surface area contributed by atoms with Crippen molar-refractivity contribution in [2.75, 3.05) is 35.2 Å². The molecule has 0 spiro atoms. The van der Waals surface area contributed by atoms with Crippen LogP contribution in [-0.4, -0.2) is 25.5 Å². The number of aryl methyl sites for hydroxylation is 1. The van der Waals surface area contributed by atoms with Gasteiger partial charge in [-0.2, -0.15) is 0 Å². The first kappa shape index (κ1) is 17.6. The normalized spacial score (nSPS) is 14.2. The maximum absolute atomic E-state index is 12.2. The van der Waals surface area contributed by atoms with Gasteiger partial charge in [-0.15, -0.1) is 0 Å². The summed E-state index contributed by atoms with van der Waals surface area (Å²) in [5.41, 5.74) is 3.98. The molecule has 2 aromatic rings. The molecular weight excluding hydrogens is 334 g/mol. The van der Waals surface area contributed by atoms with Gasteiger partial charge in [0.15, 0.2) is 0 Å². The van der Waals surface area contributed by atoms with E-state index in [4.69, 9.17) is 11.6 Å². The summed E-state index contributed by atoms with van der Waals surface area (Å²) in [6, 6.07) is 13.7. The summed E-state index contributed by atoms with van der Waals surface area (Å²) in [6.07, 6.45) is 3.84. The van der Waals surface area contributed by atoms with Gasteiger partial charge in [0.05, 0.1) is 6.54 Å². The van der Waals surface area contributed by atoms with Crippen molar-refractivity contribution in [2.45, 2.75) is 26.2 Å². The highest BCUT2D eigenvalue weighted by molar-refractivity contribution is 6.30. The van der Waals surface area contributed by atoms with Crippen LogP contribution in [0.4, 0.5) is 17.1 Å². The van der Waals surface area contributed by atoms with Crippen molar-refractivity contribution >= 4 is 34.6 Å². The van der Waals surface area contributed by atoms with Crippen LogP contribution in [0, 0.1) is 6.92 Å². The van der Waals surface area contributed by atoms with E-state index in [-0.39, 0.29) is 12.5 Å². The molecule has 0 aromatic heterocycles. The molecule has 1 aliphatic heterocycles. The number of piperidine rings is 1. The minimum atomic E-state index is -0.0786. The summed E-state index contributed by atoms with van der Waals surface area (Å²) in [7, 11) is 0. The number of anilines is 3. The van der Waals surface area contributed by atoms with Gasteiger partial charge < -0.3 is 15.5 Å². The van der Waals surface area contributed by atoms with Crippen molar-refractivity contribution in [3.63, 3.8) is 0 Å². The van der Waals surface area contributed by atoms with Gasteiger partial charge in [0.25, 0.3) is 0 Å². The predicted molar refractivity (Wildman–Crippen MR) is 106 cm³/mol. The van der Waals surface area contributed by atoms with Crippen LogP contribution in [0.1, 0.15) is 24.8 Å². The highest BCUT2D eigenvalue weighted by Crippen LogP contribution is 2.22. The third-order valence-corrected chi connectivity index (χ3v) is 4.75. The average molecular weight is 358 g/mol. The first-order valence-electron chi connectivity index (χ1n) is 8.77. The quantitative estimate of drug-likeness (QED) is 0.815. The van der Waals surface area contributed by atoms with Gasteiger partial charge in [0.1, 0.15) is 0 Å².